The van der Waals surface area contributed by atoms with Crippen LogP contribution in [0.1, 0.15) is 52.4 Å². The molecule has 0 fully saturated rings. The van der Waals surface area contributed by atoms with E-state index < -0.39 is 12.3 Å². The summed E-state index contributed by atoms with van der Waals surface area (Å²) in [6.07, 6.45) is 1.96. The van der Waals surface area contributed by atoms with Crippen LogP contribution in [-0.2, 0) is 4.79 Å². The summed E-state index contributed by atoms with van der Waals surface area (Å²) in [5, 5.41) is 9.35. The molecule has 0 aromatic carbocycles. The molecule has 0 saturated carbocycles. The molecule has 0 saturated heterocycles. The molecule has 2 nitrogen and oxygen atoms in total. The Labute approximate surface area is 85.5 Å². The van der Waals surface area contributed by atoms with E-state index in [0.717, 1.165) is 19.3 Å². The van der Waals surface area contributed by atoms with Crippen LogP contribution in [0.5, 0.6) is 0 Å². The van der Waals surface area contributed by atoms with Crippen molar-refractivity contribution >= 4 is 5.78 Å². The Morgan fingerprint density at radius 3 is 2.50 bits per heavy atom. The van der Waals surface area contributed by atoms with E-state index in [2.05, 4.69) is 6.92 Å². The van der Waals surface area contributed by atoms with Crippen LogP contribution in [0.15, 0.2) is 0 Å². The first-order valence-electron chi connectivity index (χ1n) is 5.42. The Morgan fingerprint density at radius 2 is 2.00 bits per heavy atom. The van der Waals surface area contributed by atoms with Crippen molar-refractivity contribution in [3.05, 3.63) is 0 Å². The van der Waals surface area contributed by atoms with Crippen LogP contribution < -0.4 is 0 Å². The Balaban J connectivity index is 3.54. The zero-order valence-corrected chi connectivity index (χ0v) is 9.13. The fourth-order valence-electron chi connectivity index (χ4n) is 1.26. The molecule has 14 heavy (non-hydrogen) atoms. The molecule has 0 aromatic rings. The summed E-state index contributed by atoms with van der Waals surface area (Å²) in [4.78, 5) is 11.3. The number of ketones is 1. The van der Waals surface area contributed by atoms with Crippen molar-refractivity contribution in [1.82, 2.24) is 0 Å². The summed E-state index contributed by atoms with van der Waals surface area (Å²) in [6.45, 7) is 3.50. The Hall–Kier alpha value is -0.440. The van der Waals surface area contributed by atoms with Crippen molar-refractivity contribution in [3.8, 4) is 0 Å². The summed E-state index contributed by atoms with van der Waals surface area (Å²) in [5.74, 6) is -0.140. The molecular formula is C11H21FO2. The fourth-order valence-corrected chi connectivity index (χ4v) is 1.26. The summed E-state index contributed by atoms with van der Waals surface area (Å²) in [7, 11) is 0. The van der Waals surface area contributed by atoms with Crippen molar-refractivity contribution in [1.29, 1.82) is 0 Å². The monoisotopic (exact) mass is 204 g/mol. The van der Waals surface area contributed by atoms with Crippen LogP contribution in [0, 0.1) is 0 Å². The Kier molecular flexibility index (Phi) is 7.67. The molecule has 2 unspecified atom stereocenters. The molecule has 0 bridgehead atoms. The van der Waals surface area contributed by atoms with Crippen LogP contribution >= 0.6 is 0 Å². The van der Waals surface area contributed by atoms with E-state index in [1.807, 2.05) is 0 Å². The number of Topliss-reactive ketones (excluding diaryl/α,β-unsaturated/α-hetero) is 1. The van der Waals surface area contributed by atoms with Gasteiger partial charge in [-0.2, -0.15) is 0 Å². The van der Waals surface area contributed by atoms with Crippen molar-refractivity contribution in [2.24, 2.45) is 0 Å². The smallest absolute Gasteiger partial charge is 0.161 e. The van der Waals surface area contributed by atoms with Crippen molar-refractivity contribution in [2.45, 2.75) is 64.6 Å². The van der Waals surface area contributed by atoms with Gasteiger partial charge < -0.3 is 5.11 Å². The average Bonchev–Trinajstić information content (AvgIpc) is 2.14. The van der Waals surface area contributed by atoms with Gasteiger partial charge >= 0.3 is 0 Å². The predicted molar refractivity (Wildman–Crippen MR) is 55.0 cm³/mol. The van der Waals surface area contributed by atoms with E-state index in [1.54, 1.807) is 0 Å². The zero-order valence-electron chi connectivity index (χ0n) is 9.13. The van der Waals surface area contributed by atoms with Crippen LogP contribution in [-0.4, -0.2) is 23.2 Å². The molecule has 0 aliphatic heterocycles. The molecule has 0 aliphatic carbocycles. The lowest BCUT2D eigenvalue weighted by Crippen LogP contribution is -2.20. The van der Waals surface area contributed by atoms with Crippen molar-refractivity contribution < 1.29 is 14.3 Å². The Bertz CT molecular complexity index is 157. The van der Waals surface area contributed by atoms with E-state index in [1.165, 1.54) is 6.92 Å². The standard InChI is InChI=1S/C11H21FO2/c1-3-4-5-6-10(13)11(14)8-7-9(2)12/h9,11,14H,3-8H2,1-2H3. The molecule has 0 amide bonds. The highest BCUT2D eigenvalue weighted by Gasteiger charge is 2.15. The molecule has 84 valence electrons. The highest BCUT2D eigenvalue weighted by Crippen LogP contribution is 2.09. The van der Waals surface area contributed by atoms with Gasteiger partial charge in [-0.05, 0) is 26.2 Å². The number of hydrogen-bond acceptors (Lipinski definition) is 2. The van der Waals surface area contributed by atoms with Gasteiger partial charge in [0.05, 0.1) is 6.17 Å². The van der Waals surface area contributed by atoms with E-state index >= 15 is 0 Å². The molecule has 1 N–H and O–H groups in total. The highest BCUT2D eigenvalue weighted by atomic mass is 19.1. The van der Waals surface area contributed by atoms with Crippen LogP contribution in [0.2, 0.25) is 0 Å². The summed E-state index contributed by atoms with van der Waals surface area (Å²) < 4.78 is 12.4. The van der Waals surface area contributed by atoms with Gasteiger partial charge in [-0.3, -0.25) is 4.79 Å². The number of halogens is 1. The van der Waals surface area contributed by atoms with Crippen LogP contribution in [0.4, 0.5) is 4.39 Å². The minimum atomic E-state index is -0.954. The van der Waals surface area contributed by atoms with E-state index in [9.17, 15) is 14.3 Å². The number of hydrogen-bond donors (Lipinski definition) is 1. The third-order valence-electron chi connectivity index (χ3n) is 2.24. The first-order valence-corrected chi connectivity index (χ1v) is 5.42. The Morgan fingerprint density at radius 1 is 1.36 bits per heavy atom. The number of carbonyl (C=O) groups excluding carboxylic acids is 1. The molecule has 0 heterocycles. The zero-order chi connectivity index (χ0) is 11.0. The molecule has 3 heteroatoms. The average molecular weight is 204 g/mol. The number of unbranched alkanes of at least 4 members (excludes halogenated alkanes) is 2. The quantitative estimate of drug-likeness (QED) is 0.617. The van der Waals surface area contributed by atoms with Gasteiger partial charge in [-0.1, -0.05) is 19.8 Å². The van der Waals surface area contributed by atoms with E-state index in [-0.39, 0.29) is 18.6 Å². The van der Waals surface area contributed by atoms with Crippen molar-refractivity contribution in [2.75, 3.05) is 0 Å². The van der Waals surface area contributed by atoms with E-state index in [0.29, 0.717) is 6.42 Å². The van der Waals surface area contributed by atoms with Gasteiger partial charge in [0.1, 0.15) is 6.10 Å². The lowest BCUT2D eigenvalue weighted by Gasteiger charge is -2.09. The second kappa shape index (κ2) is 7.92. The van der Waals surface area contributed by atoms with E-state index in [4.69, 9.17) is 0 Å². The van der Waals surface area contributed by atoms with Crippen LogP contribution in [0.3, 0.4) is 0 Å². The normalized spacial score (nSPS) is 15.1. The van der Waals surface area contributed by atoms with Crippen molar-refractivity contribution in [3.63, 3.8) is 0 Å². The third kappa shape index (κ3) is 7.01. The number of alkyl halides is 1. The predicted octanol–water partition coefficient (Wildman–Crippen LogP) is 2.63. The van der Waals surface area contributed by atoms with Crippen LogP contribution in [0.25, 0.3) is 0 Å². The molecule has 0 radical (unpaired) electrons. The van der Waals surface area contributed by atoms with Gasteiger partial charge in [-0.25, -0.2) is 4.39 Å². The second-order valence-electron chi connectivity index (χ2n) is 3.80. The summed E-state index contributed by atoms with van der Waals surface area (Å²) in [6, 6.07) is 0. The summed E-state index contributed by atoms with van der Waals surface area (Å²) in [5.41, 5.74) is 0. The first-order chi connectivity index (χ1) is 6.57. The summed E-state index contributed by atoms with van der Waals surface area (Å²) >= 11 is 0. The lowest BCUT2D eigenvalue weighted by atomic mass is 10.0. The van der Waals surface area contributed by atoms with Gasteiger partial charge in [-0.15, -0.1) is 0 Å². The maximum atomic E-state index is 12.4. The third-order valence-corrected chi connectivity index (χ3v) is 2.24. The molecule has 2 atom stereocenters. The molecular weight excluding hydrogens is 183 g/mol. The lowest BCUT2D eigenvalue weighted by molar-refractivity contribution is -0.127. The number of carbonyl (C=O) groups is 1. The maximum Gasteiger partial charge on any atom is 0.161 e. The molecule has 0 aliphatic rings. The second-order valence-corrected chi connectivity index (χ2v) is 3.80. The SMILES string of the molecule is CCCCCC(=O)C(O)CCC(C)F. The van der Waals surface area contributed by atoms with Gasteiger partial charge in [0, 0.05) is 6.42 Å². The number of aliphatic hydroxyl groups is 1. The largest absolute Gasteiger partial charge is 0.385 e. The number of aliphatic hydroxyl groups excluding tert-OH is 1. The first kappa shape index (κ1) is 13.6. The molecule has 0 rings (SSSR count). The van der Waals surface area contributed by atoms with Gasteiger partial charge in [0.25, 0.3) is 0 Å². The highest BCUT2D eigenvalue weighted by molar-refractivity contribution is 5.82. The molecule has 0 aromatic heterocycles. The maximum absolute atomic E-state index is 12.4. The van der Waals surface area contributed by atoms with Gasteiger partial charge in [0.15, 0.2) is 5.78 Å². The minimum absolute atomic E-state index is 0.140. The topological polar surface area (TPSA) is 37.3 Å². The van der Waals surface area contributed by atoms with Gasteiger partial charge in [0.2, 0.25) is 0 Å². The number of rotatable bonds is 8. The fraction of sp³-hybridized carbons (Fsp3) is 0.909. The minimum Gasteiger partial charge on any atom is -0.385 e. The molecule has 0 spiro atoms.